The van der Waals surface area contributed by atoms with Crippen molar-refractivity contribution in [2.75, 3.05) is 0 Å². The highest BCUT2D eigenvalue weighted by molar-refractivity contribution is 4.07. The van der Waals surface area contributed by atoms with E-state index in [-0.39, 0.29) is 59.4 Å². The third-order valence-electron chi connectivity index (χ3n) is 0. The van der Waals surface area contributed by atoms with Crippen LogP contribution >= 0.6 is 0 Å². The first-order chi connectivity index (χ1) is 4.00. The Morgan fingerprint density at radius 1 is 0.438 bits per heavy atom. The molecule has 110 valence electrons. The second kappa shape index (κ2) is 623. The summed E-state index contributed by atoms with van der Waals surface area (Å²) >= 11 is 0. The molecule has 0 bridgehead atoms. The van der Waals surface area contributed by atoms with Crippen molar-refractivity contribution in [2.24, 2.45) is 0 Å². The zero-order valence-corrected chi connectivity index (χ0v) is 3.53. The molecular formula is C8H34N4O4. The molecule has 16 heavy (non-hydrogen) atoms. The van der Waals surface area contributed by atoms with Crippen molar-refractivity contribution in [3.8, 4) is 0 Å². The van der Waals surface area contributed by atoms with Crippen LogP contribution in [0.2, 0.25) is 0 Å². The van der Waals surface area contributed by atoms with Crippen LogP contribution < -0.4 is 0 Å². The average molecular weight is 250 g/mol. The lowest BCUT2D eigenvalue weighted by Crippen LogP contribution is -0.674. The zero-order valence-electron chi connectivity index (χ0n) is 3.53. The van der Waals surface area contributed by atoms with Gasteiger partial charge in [-0.25, -0.2) is 0 Å². The van der Waals surface area contributed by atoms with Crippen LogP contribution in [0.4, 0.5) is 0 Å². The normalized spacial score (nSPS) is 0.875. The van der Waals surface area contributed by atoms with Gasteiger partial charge in [0.2, 0.25) is 0 Å². The molecule has 0 aliphatic heterocycles. The highest BCUT2D eigenvalue weighted by Gasteiger charge is 0.707. The Bertz CT molecular complexity index is 45.5. The molecule has 0 aromatic carbocycles. The number of rotatable bonds is 0. The third kappa shape index (κ3) is 486. The first-order valence-corrected chi connectivity index (χ1v) is 0.775. The van der Waals surface area contributed by atoms with Crippen LogP contribution in [-0.2, 0) is 0 Å². The molecule has 0 aromatic rings. The molecule has 0 aliphatic carbocycles. The molecule has 0 amide bonds. The Morgan fingerprint density at radius 3 is 0.438 bits per heavy atom. The summed E-state index contributed by atoms with van der Waals surface area (Å²) in [6.45, 7) is 0. The van der Waals surface area contributed by atoms with E-state index in [0.29, 0.717) is 0 Å². The lowest BCUT2D eigenvalue weighted by molar-refractivity contribution is 1.15. The number of nitrogens with zero attached hydrogens (tertiary/aromatic N) is 2. The molecule has 0 heterocycles. The van der Waals surface area contributed by atoms with Crippen LogP contribution in [0.1, 0.15) is 59.4 Å². The van der Waals surface area contributed by atoms with E-state index >= 15 is 0 Å². The van der Waals surface area contributed by atoms with Gasteiger partial charge in [0.25, 0.3) is 0 Å². The fraction of sp³-hybridized carbons (Fsp3) is 1.00. The lowest BCUT2D eigenvalue weighted by atomic mass is 12.0. The maximum absolute atomic E-state index is 7.50. The Morgan fingerprint density at radius 2 is 0.438 bits per heavy atom. The van der Waals surface area contributed by atoms with E-state index in [1.807, 2.05) is 0 Å². The van der Waals surface area contributed by atoms with Gasteiger partial charge in [0.15, 0.2) is 0 Å². The molecule has 0 radical (unpaired) electrons. The van der Waals surface area contributed by atoms with Crippen molar-refractivity contribution < 1.29 is 0 Å². The predicted octanol–water partition coefficient (Wildman–Crippen LogP) is 5.85. The Balaban J connectivity index is -0.00000000114. The van der Waals surface area contributed by atoms with Crippen LogP contribution in [0.15, 0.2) is 0 Å². The fourth-order valence-corrected chi connectivity index (χ4v) is 0. The smallest absolute Gasteiger partial charge is 0 e. The van der Waals surface area contributed by atoms with Gasteiger partial charge in [0.05, 0.1) is 0 Å². The summed E-state index contributed by atoms with van der Waals surface area (Å²) in [5, 5.41) is 12.0. The molecule has 8 heteroatoms. The van der Waals surface area contributed by atoms with Crippen molar-refractivity contribution in [1.82, 2.24) is 0 Å². The van der Waals surface area contributed by atoms with Gasteiger partial charge in [0, 0.05) is 20.7 Å². The van der Waals surface area contributed by atoms with E-state index in [1.165, 1.54) is 0 Å². The van der Waals surface area contributed by atoms with Gasteiger partial charge in [-0.1, -0.05) is 70.6 Å². The predicted molar refractivity (Wildman–Crippen MR) is 76.2 cm³/mol. The minimum absolute atomic E-state index is 0. The number of nitroso groups, excluding NO2 is 2. The van der Waals surface area contributed by atoms with Crippen LogP contribution in [0.25, 0.3) is 0 Å². The molecule has 0 saturated heterocycles. The third-order valence-corrected chi connectivity index (χ3v) is 0. The summed E-state index contributed by atoms with van der Waals surface area (Å²) in [6.07, 6.45) is 0. The van der Waals surface area contributed by atoms with Gasteiger partial charge in [-0.05, 0) is 0 Å². The molecular weight excluding hydrogens is 216 g/mol. The lowest BCUT2D eigenvalue weighted by Gasteiger charge is -0.827. The zero-order chi connectivity index (χ0) is 8.00. The summed E-state index contributed by atoms with van der Waals surface area (Å²) in [7, 11) is 0. The van der Waals surface area contributed by atoms with Crippen LogP contribution in [0.3, 0.4) is 0 Å². The summed E-state index contributed by atoms with van der Waals surface area (Å²) in [5.41, 5.74) is 9.00. The molecule has 0 aromatic heterocycles. The van der Waals surface area contributed by atoms with Crippen LogP contribution in [0, 0.1) is 41.7 Å². The molecule has 0 atom stereocenters. The quantitative estimate of drug-likeness (QED) is 0.404. The largest absolute Gasteiger partial charge is 0.154 e. The van der Waals surface area contributed by atoms with E-state index in [4.69, 9.17) is 30.5 Å². The van der Waals surface area contributed by atoms with E-state index < -0.39 is 0 Å². The van der Waals surface area contributed by atoms with Gasteiger partial charge >= 0.3 is 0 Å². The Labute approximate surface area is 102 Å². The van der Waals surface area contributed by atoms with E-state index in [2.05, 4.69) is 11.2 Å². The maximum Gasteiger partial charge on any atom is 0 e. The fourth-order valence-electron chi connectivity index (χ4n) is 0. The summed E-state index contributed by atoms with van der Waals surface area (Å²) in [4.78, 5) is 29.0. The molecule has 0 spiro atoms. The Hall–Kier alpha value is -1.78. The summed E-state index contributed by atoms with van der Waals surface area (Å²) in [5.74, 6) is 0. The maximum atomic E-state index is 7.50. The van der Waals surface area contributed by atoms with Crippen LogP contribution in [0.5, 0.6) is 0 Å². The van der Waals surface area contributed by atoms with Gasteiger partial charge in [-0.3, -0.25) is 0 Å². The minimum atomic E-state index is 0. The van der Waals surface area contributed by atoms with Crippen molar-refractivity contribution in [3.63, 3.8) is 0 Å². The highest BCUT2D eigenvalue weighted by Crippen LogP contribution is 0.769. The molecule has 0 saturated carbocycles. The SMILES string of the molecule is C.C.C.C.C.C.C.C.N#N.N=O.N=O.O=O. The summed E-state index contributed by atoms with van der Waals surface area (Å²) in [6, 6.07) is 0. The van der Waals surface area contributed by atoms with E-state index in [0.717, 1.165) is 0 Å². The monoisotopic (exact) mass is 250 g/mol. The molecule has 8 nitrogen and oxygen atoms in total. The van der Waals surface area contributed by atoms with Gasteiger partial charge in [-0.15, -0.1) is 0 Å². The minimum Gasteiger partial charge on any atom is -0.154 e. The van der Waals surface area contributed by atoms with Crippen LogP contribution in [-0.4, -0.2) is 0 Å². The number of hydrogen-bond acceptors (Lipinski definition) is 8. The number of nitrogens with one attached hydrogen (secondary N) is 2. The molecule has 0 fully saturated rings. The van der Waals surface area contributed by atoms with Gasteiger partial charge in [0.1, 0.15) is 0 Å². The number of hydrogen-bond donors (Lipinski definition) is 2. The first-order valence-electron chi connectivity index (χ1n) is 0.775. The Kier molecular flexibility index (Phi) is 19600. The van der Waals surface area contributed by atoms with Crippen molar-refractivity contribution in [3.05, 3.63) is 19.7 Å². The van der Waals surface area contributed by atoms with Crippen molar-refractivity contribution in [2.45, 2.75) is 59.4 Å². The standard InChI is InChI=1S/8CH4.N2.2HNO.O2/c;;;;;;;;4*1-2/h8*1H4;;2*1H;. The van der Waals surface area contributed by atoms with Crippen molar-refractivity contribution >= 4 is 0 Å². The second-order valence-electron chi connectivity index (χ2n) is 0. The van der Waals surface area contributed by atoms with E-state index in [9.17, 15) is 0 Å². The molecule has 0 unspecified atom stereocenters. The molecule has 0 aliphatic rings. The van der Waals surface area contributed by atoms with E-state index in [1.54, 1.807) is 0 Å². The second-order valence-corrected chi connectivity index (χ2v) is 0. The highest BCUT2D eigenvalue weighted by atomic mass is 16.7. The van der Waals surface area contributed by atoms with Crippen molar-refractivity contribution in [1.29, 1.82) is 22.0 Å². The molecule has 2 N–H and O–H groups in total. The topological polar surface area (TPSA) is 164 Å². The summed E-state index contributed by atoms with van der Waals surface area (Å²) < 4.78 is 0. The first kappa shape index (κ1) is 504. The van der Waals surface area contributed by atoms with Gasteiger partial charge in [-0.2, -0.15) is 9.81 Å². The average Bonchev–Trinajstić information content (AvgIpc) is 2.03. The van der Waals surface area contributed by atoms with Gasteiger partial charge < -0.3 is 0 Å². The molecule has 0 rings (SSSR count).